The van der Waals surface area contributed by atoms with Gasteiger partial charge < -0.3 is 9.64 Å². The molecule has 0 aliphatic heterocycles. The zero-order valence-electron chi connectivity index (χ0n) is 13.9. The van der Waals surface area contributed by atoms with Crippen LogP contribution in [-0.2, 0) is 28.9 Å². The van der Waals surface area contributed by atoms with Crippen molar-refractivity contribution < 1.29 is 14.3 Å². The molecule has 3 rings (SSSR count). The number of carbonyl (C=O) groups excluding carboxylic acids is 2. The number of hydrogen-bond donors (Lipinski definition) is 0. The van der Waals surface area contributed by atoms with Gasteiger partial charge in [0.05, 0.1) is 5.56 Å². The van der Waals surface area contributed by atoms with E-state index >= 15 is 0 Å². The van der Waals surface area contributed by atoms with Crippen LogP contribution in [0.2, 0.25) is 0 Å². The largest absolute Gasteiger partial charge is 0.452 e. The summed E-state index contributed by atoms with van der Waals surface area (Å²) < 4.78 is 5.26. The Labute approximate surface area is 150 Å². The maximum absolute atomic E-state index is 12.3. The molecule has 0 radical (unpaired) electrons. The standard InChI is InChI=1S/C18H21NO3S2/c1-12-3-4-14-15(11-24-16(14)7-12)18(21)22-9-17(20)19(2)8-13-5-6-23-10-13/h5-6,10-12H,3-4,7-9H2,1-2H3. The van der Waals surface area contributed by atoms with Crippen molar-refractivity contribution in [1.82, 2.24) is 4.90 Å². The number of thiophene rings is 2. The number of rotatable bonds is 5. The molecule has 0 bridgehead atoms. The number of nitrogens with zero attached hydrogens (tertiary/aromatic N) is 1. The fourth-order valence-corrected chi connectivity index (χ4v) is 4.80. The van der Waals surface area contributed by atoms with Crippen molar-refractivity contribution in [2.75, 3.05) is 13.7 Å². The molecule has 4 nitrogen and oxygen atoms in total. The van der Waals surface area contributed by atoms with Gasteiger partial charge in [0.1, 0.15) is 0 Å². The van der Waals surface area contributed by atoms with Gasteiger partial charge in [0.2, 0.25) is 0 Å². The van der Waals surface area contributed by atoms with Gasteiger partial charge >= 0.3 is 5.97 Å². The molecule has 0 saturated carbocycles. The Morgan fingerprint density at radius 2 is 2.21 bits per heavy atom. The maximum Gasteiger partial charge on any atom is 0.339 e. The number of fused-ring (bicyclic) bond motifs is 1. The number of ether oxygens (including phenoxy) is 1. The number of carbonyl (C=O) groups is 2. The highest BCUT2D eigenvalue weighted by Crippen LogP contribution is 2.33. The van der Waals surface area contributed by atoms with Crippen molar-refractivity contribution in [3.63, 3.8) is 0 Å². The minimum absolute atomic E-state index is 0.188. The van der Waals surface area contributed by atoms with Crippen LogP contribution in [0.4, 0.5) is 0 Å². The highest BCUT2D eigenvalue weighted by molar-refractivity contribution is 7.10. The van der Waals surface area contributed by atoms with Crippen LogP contribution in [0.25, 0.3) is 0 Å². The molecule has 128 valence electrons. The van der Waals surface area contributed by atoms with Crippen LogP contribution in [0.3, 0.4) is 0 Å². The molecule has 1 aliphatic rings. The van der Waals surface area contributed by atoms with E-state index in [1.165, 1.54) is 4.88 Å². The first kappa shape index (κ1) is 17.2. The molecule has 1 aliphatic carbocycles. The van der Waals surface area contributed by atoms with E-state index in [0.717, 1.165) is 30.4 Å². The van der Waals surface area contributed by atoms with Crippen LogP contribution in [0.1, 0.15) is 39.7 Å². The minimum Gasteiger partial charge on any atom is -0.452 e. The summed E-state index contributed by atoms with van der Waals surface area (Å²) in [6, 6.07) is 1.99. The molecule has 0 saturated heterocycles. The molecule has 0 aromatic carbocycles. The van der Waals surface area contributed by atoms with Crippen molar-refractivity contribution in [3.8, 4) is 0 Å². The Kier molecular flexibility index (Phi) is 5.36. The van der Waals surface area contributed by atoms with Gasteiger partial charge in [-0.3, -0.25) is 4.79 Å². The summed E-state index contributed by atoms with van der Waals surface area (Å²) in [5, 5.41) is 5.87. The maximum atomic E-state index is 12.3. The molecule has 0 fully saturated rings. The molecule has 2 aromatic rings. The molecule has 1 unspecified atom stereocenters. The van der Waals surface area contributed by atoms with Gasteiger partial charge in [-0.2, -0.15) is 11.3 Å². The lowest BCUT2D eigenvalue weighted by Gasteiger charge is -2.19. The minimum atomic E-state index is -0.376. The van der Waals surface area contributed by atoms with Crippen molar-refractivity contribution in [3.05, 3.63) is 43.8 Å². The second-order valence-electron chi connectivity index (χ2n) is 6.36. The Balaban J connectivity index is 1.55. The number of likely N-dealkylation sites (N-methyl/N-ethyl adjacent to an activating group) is 1. The van der Waals surface area contributed by atoms with Crippen molar-refractivity contribution in [2.45, 2.75) is 32.7 Å². The van der Waals surface area contributed by atoms with E-state index in [2.05, 4.69) is 6.92 Å². The summed E-state index contributed by atoms with van der Waals surface area (Å²) >= 11 is 3.23. The average Bonchev–Trinajstić information content (AvgIpc) is 3.21. The van der Waals surface area contributed by atoms with Crippen LogP contribution < -0.4 is 0 Å². The van der Waals surface area contributed by atoms with Crippen LogP contribution in [0, 0.1) is 5.92 Å². The molecule has 1 amide bonds. The Morgan fingerprint density at radius 3 is 2.96 bits per heavy atom. The predicted octanol–water partition coefficient (Wildman–Crippen LogP) is 3.75. The molecule has 1 atom stereocenters. The average molecular weight is 364 g/mol. The lowest BCUT2D eigenvalue weighted by Crippen LogP contribution is -2.30. The van der Waals surface area contributed by atoms with E-state index in [1.54, 1.807) is 34.6 Å². The van der Waals surface area contributed by atoms with Gasteiger partial charge in [0.25, 0.3) is 5.91 Å². The first-order valence-corrected chi connectivity index (χ1v) is 9.88. The van der Waals surface area contributed by atoms with Crippen LogP contribution in [-0.4, -0.2) is 30.4 Å². The summed E-state index contributed by atoms with van der Waals surface area (Å²) in [6.45, 7) is 2.56. The van der Waals surface area contributed by atoms with Gasteiger partial charge in [-0.05, 0) is 53.1 Å². The predicted molar refractivity (Wildman–Crippen MR) is 96.6 cm³/mol. The van der Waals surface area contributed by atoms with Crippen molar-refractivity contribution >= 4 is 34.6 Å². The zero-order valence-corrected chi connectivity index (χ0v) is 15.5. The topological polar surface area (TPSA) is 46.6 Å². The first-order chi connectivity index (χ1) is 11.5. The van der Waals surface area contributed by atoms with E-state index in [1.807, 2.05) is 22.2 Å². The van der Waals surface area contributed by atoms with Crippen LogP contribution in [0.15, 0.2) is 22.2 Å². The quantitative estimate of drug-likeness (QED) is 0.760. The van der Waals surface area contributed by atoms with E-state index in [4.69, 9.17) is 4.74 Å². The summed E-state index contributed by atoms with van der Waals surface area (Å²) in [4.78, 5) is 27.3. The van der Waals surface area contributed by atoms with E-state index in [0.29, 0.717) is 18.0 Å². The monoisotopic (exact) mass is 363 g/mol. The smallest absolute Gasteiger partial charge is 0.339 e. The van der Waals surface area contributed by atoms with Crippen LogP contribution in [0.5, 0.6) is 0 Å². The second kappa shape index (κ2) is 7.49. The molecule has 6 heteroatoms. The number of esters is 1. The normalized spacial score (nSPS) is 16.5. The molecular weight excluding hydrogens is 342 g/mol. The fraction of sp³-hybridized carbons (Fsp3) is 0.444. The Morgan fingerprint density at radius 1 is 1.38 bits per heavy atom. The summed E-state index contributed by atoms with van der Waals surface area (Å²) in [7, 11) is 1.72. The zero-order chi connectivity index (χ0) is 17.1. The summed E-state index contributed by atoms with van der Waals surface area (Å²) in [5.41, 5.74) is 2.86. The Bertz CT molecular complexity index is 721. The fourth-order valence-electron chi connectivity index (χ4n) is 2.91. The lowest BCUT2D eigenvalue weighted by molar-refractivity contribution is -0.133. The van der Waals surface area contributed by atoms with Gasteiger partial charge in [-0.25, -0.2) is 4.79 Å². The summed E-state index contributed by atoms with van der Waals surface area (Å²) in [5.74, 6) is 0.110. The third-order valence-corrected chi connectivity index (χ3v) is 6.16. The van der Waals surface area contributed by atoms with E-state index < -0.39 is 0 Å². The molecule has 2 heterocycles. The first-order valence-electron chi connectivity index (χ1n) is 8.06. The number of amides is 1. The van der Waals surface area contributed by atoms with Crippen molar-refractivity contribution in [2.24, 2.45) is 5.92 Å². The molecule has 0 spiro atoms. The Hall–Kier alpha value is -1.66. The second-order valence-corrected chi connectivity index (χ2v) is 8.10. The summed E-state index contributed by atoms with van der Waals surface area (Å²) in [6.07, 6.45) is 3.07. The van der Waals surface area contributed by atoms with E-state index in [-0.39, 0.29) is 18.5 Å². The van der Waals surface area contributed by atoms with Gasteiger partial charge in [0.15, 0.2) is 6.61 Å². The lowest BCUT2D eigenvalue weighted by atomic mass is 9.88. The van der Waals surface area contributed by atoms with Gasteiger partial charge in [-0.15, -0.1) is 11.3 Å². The SMILES string of the molecule is CC1CCc2c(C(=O)OCC(=O)N(C)Cc3ccsc3)csc2C1. The molecule has 0 N–H and O–H groups in total. The van der Waals surface area contributed by atoms with Gasteiger partial charge in [-0.1, -0.05) is 6.92 Å². The number of hydrogen-bond acceptors (Lipinski definition) is 5. The highest BCUT2D eigenvalue weighted by atomic mass is 32.1. The third-order valence-electron chi connectivity index (χ3n) is 4.37. The molecule has 2 aromatic heterocycles. The third kappa shape index (κ3) is 3.87. The molecular formula is C18H21NO3S2. The van der Waals surface area contributed by atoms with Crippen LogP contribution >= 0.6 is 22.7 Å². The highest BCUT2D eigenvalue weighted by Gasteiger charge is 2.24. The van der Waals surface area contributed by atoms with E-state index in [9.17, 15) is 9.59 Å². The molecule has 24 heavy (non-hydrogen) atoms. The van der Waals surface area contributed by atoms with Crippen molar-refractivity contribution in [1.29, 1.82) is 0 Å². The van der Waals surface area contributed by atoms with Gasteiger partial charge in [0, 0.05) is 23.8 Å².